The standard InChI is InChI=1S/C11H15Br2N3/c1-7-10(14)2-3-16(7)6-11-9(13)4-8(12)5-15-11/h4-5,7,10H,2-3,6,14H2,1H3. The molecule has 1 saturated heterocycles. The number of likely N-dealkylation sites (tertiary alicyclic amines) is 1. The van der Waals surface area contributed by atoms with E-state index >= 15 is 0 Å². The van der Waals surface area contributed by atoms with E-state index in [0.717, 1.165) is 34.1 Å². The Kier molecular flexibility index (Phi) is 4.00. The van der Waals surface area contributed by atoms with Gasteiger partial charge in [-0.15, -0.1) is 0 Å². The number of nitrogens with two attached hydrogens (primary N) is 1. The van der Waals surface area contributed by atoms with Crippen molar-refractivity contribution >= 4 is 31.9 Å². The predicted octanol–water partition coefficient (Wildman–Crippen LogP) is 2.53. The topological polar surface area (TPSA) is 42.1 Å². The van der Waals surface area contributed by atoms with Gasteiger partial charge in [-0.25, -0.2) is 0 Å². The summed E-state index contributed by atoms with van der Waals surface area (Å²) in [6.45, 7) is 4.11. The maximum atomic E-state index is 6.00. The summed E-state index contributed by atoms with van der Waals surface area (Å²) in [5, 5.41) is 0. The van der Waals surface area contributed by atoms with Gasteiger partial charge in [0.15, 0.2) is 0 Å². The van der Waals surface area contributed by atoms with Crippen molar-refractivity contribution in [3.8, 4) is 0 Å². The fourth-order valence-corrected chi connectivity index (χ4v) is 3.12. The summed E-state index contributed by atoms with van der Waals surface area (Å²) in [6, 6.07) is 2.77. The van der Waals surface area contributed by atoms with Gasteiger partial charge in [0.25, 0.3) is 0 Å². The molecule has 0 spiro atoms. The summed E-state index contributed by atoms with van der Waals surface area (Å²) in [5.41, 5.74) is 7.08. The highest BCUT2D eigenvalue weighted by atomic mass is 79.9. The van der Waals surface area contributed by atoms with Crippen LogP contribution in [-0.4, -0.2) is 28.5 Å². The largest absolute Gasteiger partial charge is 0.326 e. The third kappa shape index (κ3) is 2.64. The predicted molar refractivity (Wildman–Crippen MR) is 72.1 cm³/mol. The highest BCUT2D eigenvalue weighted by molar-refractivity contribution is 9.11. The van der Waals surface area contributed by atoms with Gasteiger partial charge in [0.2, 0.25) is 0 Å². The van der Waals surface area contributed by atoms with Gasteiger partial charge in [-0.3, -0.25) is 9.88 Å². The molecule has 2 unspecified atom stereocenters. The van der Waals surface area contributed by atoms with Crippen LogP contribution in [0, 0.1) is 0 Å². The highest BCUT2D eigenvalue weighted by Crippen LogP contribution is 2.24. The van der Waals surface area contributed by atoms with Gasteiger partial charge >= 0.3 is 0 Å². The van der Waals surface area contributed by atoms with E-state index in [4.69, 9.17) is 5.73 Å². The van der Waals surface area contributed by atoms with Crippen LogP contribution in [0.4, 0.5) is 0 Å². The summed E-state index contributed by atoms with van der Waals surface area (Å²) in [7, 11) is 0. The molecule has 1 aromatic rings. The molecule has 0 aliphatic carbocycles. The van der Waals surface area contributed by atoms with Crippen LogP contribution in [0.25, 0.3) is 0 Å². The van der Waals surface area contributed by atoms with E-state index in [1.54, 1.807) is 0 Å². The van der Waals surface area contributed by atoms with Crippen LogP contribution < -0.4 is 5.73 Å². The van der Waals surface area contributed by atoms with Crippen LogP contribution in [-0.2, 0) is 6.54 Å². The van der Waals surface area contributed by atoms with Crippen molar-refractivity contribution in [1.82, 2.24) is 9.88 Å². The summed E-state index contributed by atoms with van der Waals surface area (Å²) in [5.74, 6) is 0. The zero-order valence-electron chi connectivity index (χ0n) is 9.16. The van der Waals surface area contributed by atoms with Crippen molar-refractivity contribution in [2.24, 2.45) is 5.73 Å². The first kappa shape index (κ1) is 12.5. The van der Waals surface area contributed by atoms with E-state index in [2.05, 4.69) is 48.7 Å². The second-order valence-corrected chi connectivity index (χ2v) is 6.02. The van der Waals surface area contributed by atoms with Crippen molar-refractivity contribution in [3.05, 3.63) is 26.9 Å². The molecule has 0 radical (unpaired) electrons. The van der Waals surface area contributed by atoms with Crippen molar-refractivity contribution in [1.29, 1.82) is 0 Å². The van der Waals surface area contributed by atoms with Gasteiger partial charge in [-0.2, -0.15) is 0 Å². The normalized spacial score (nSPS) is 26.2. The van der Waals surface area contributed by atoms with Gasteiger partial charge in [0.05, 0.1) is 5.69 Å². The van der Waals surface area contributed by atoms with Crippen molar-refractivity contribution in [3.63, 3.8) is 0 Å². The third-order valence-electron chi connectivity index (χ3n) is 3.18. The van der Waals surface area contributed by atoms with E-state index in [-0.39, 0.29) is 0 Å². The van der Waals surface area contributed by atoms with Crippen LogP contribution in [0.2, 0.25) is 0 Å². The Morgan fingerprint density at radius 2 is 2.31 bits per heavy atom. The molecule has 0 aromatic carbocycles. The fourth-order valence-electron chi connectivity index (χ4n) is 2.01. The number of halogens is 2. The van der Waals surface area contributed by atoms with E-state index in [0.29, 0.717) is 12.1 Å². The Hall–Kier alpha value is 0.0300. The number of hydrogen-bond acceptors (Lipinski definition) is 3. The molecule has 0 amide bonds. The Labute approximate surface area is 113 Å². The maximum absolute atomic E-state index is 6.00. The Morgan fingerprint density at radius 3 is 2.88 bits per heavy atom. The van der Waals surface area contributed by atoms with Crippen molar-refractivity contribution in [2.75, 3.05) is 6.54 Å². The molecule has 2 atom stereocenters. The molecule has 5 heteroatoms. The summed E-state index contributed by atoms with van der Waals surface area (Å²) < 4.78 is 2.05. The number of hydrogen-bond donors (Lipinski definition) is 1. The second kappa shape index (κ2) is 5.12. The van der Waals surface area contributed by atoms with Gasteiger partial charge in [0, 0.05) is 40.3 Å². The molecular weight excluding hydrogens is 334 g/mol. The molecule has 88 valence electrons. The van der Waals surface area contributed by atoms with Gasteiger partial charge in [-0.1, -0.05) is 0 Å². The van der Waals surface area contributed by atoms with Crippen LogP contribution in [0.15, 0.2) is 21.2 Å². The minimum atomic E-state index is 0.300. The Bertz CT molecular complexity index is 383. The highest BCUT2D eigenvalue weighted by Gasteiger charge is 2.28. The zero-order chi connectivity index (χ0) is 11.7. The fraction of sp³-hybridized carbons (Fsp3) is 0.545. The van der Waals surface area contributed by atoms with Gasteiger partial charge < -0.3 is 5.73 Å². The molecule has 3 nitrogen and oxygen atoms in total. The molecular formula is C11H15Br2N3. The molecule has 1 aromatic heterocycles. The molecule has 0 bridgehead atoms. The first-order chi connectivity index (χ1) is 7.58. The molecule has 0 saturated carbocycles. The molecule has 1 fully saturated rings. The summed E-state index contributed by atoms with van der Waals surface area (Å²) >= 11 is 6.94. The van der Waals surface area contributed by atoms with E-state index in [1.165, 1.54) is 0 Å². The molecule has 1 aliphatic rings. The van der Waals surface area contributed by atoms with Crippen molar-refractivity contribution in [2.45, 2.75) is 32.0 Å². The maximum Gasteiger partial charge on any atom is 0.0686 e. The van der Waals surface area contributed by atoms with E-state index in [9.17, 15) is 0 Å². The van der Waals surface area contributed by atoms with Gasteiger partial charge in [-0.05, 0) is 51.3 Å². The number of pyridine rings is 1. The Morgan fingerprint density at radius 1 is 1.56 bits per heavy atom. The average molecular weight is 349 g/mol. The summed E-state index contributed by atoms with van der Waals surface area (Å²) in [4.78, 5) is 6.81. The minimum absolute atomic E-state index is 0.300. The lowest BCUT2D eigenvalue weighted by atomic mass is 10.2. The quantitative estimate of drug-likeness (QED) is 0.892. The number of aromatic nitrogens is 1. The molecule has 16 heavy (non-hydrogen) atoms. The number of rotatable bonds is 2. The molecule has 1 aliphatic heterocycles. The summed E-state index contributed by atoms with van der Waals surface area (Å²) in [6.07, 6.45) is 2.91. The van der Waals surface area contributed by atoms with Crippen LogP contribution in [0.3, 0.4) is 0 Å². The lowest BCUT2D eigenvalue weighted by Gasteiger charge is -2.22. The van der Waals surface area contributed by atoms with E-state index in [1.807, 2.05) is 12.3 Å². The first-order valence-electron chi connectivity index (χ1n) is 5.37. The smallest absolute Gasteiger partial charge is 0.0686 e. The van der Waals surface area contributed by atoms with E-state index < -0.39 is 0 Å². The van der Waals surface area contributed by atoms with Crippen LogP contribution in [0.1, 0.15) is 19.0 Å². The first-order valence-corrected chi connectivity index (χ1v) is 6.96. The molecule has 2 rings (SSSR count). The zero-order valence-corrected chi connectivity index (χ0v) is 12.3. The lowest BCUT2D eigenvalue weighted by Crippen LogP contribution is -2.36. The molecule has 2 heterocycles. The lowest BCUT2D eigenvalue weighted by molar-refractivity contribution is 0.248. The third-order valence-corrected chi connectivity index (χ3v) is 4.30. The van der Waals surface area contributed by atoms with Crippen LogP contribution >= 0.6 is 31.9 Å². The second-order valence-electron chi connectivity index (χ2n) is 4.25. The van der Waals surface area contributed by atoms with Gasteiger partial charge in [0.1, 0.15) is 0 Å². The molecule has 2 N–H and O–H groups in total. The van der Waals surface area contributed by atoms with Crippen molar-refractivity contribution < 1.29 is 0 Å². The minimum Gasteiger partial charge on any atom is -0.326 e. The monoisotopic (exact) mass is 347 g/mol. The van der Waals surface area contributed by atoms with Crippen LogP contribution in [0.5, 0.6) is 0 Å². The Balaban J connectivity index is 2.09. The average Bonchev–Trinajstić information content (AvgIpc) is 2.54. The SMILES string of the molecule is CC1C(N)CCN1Cc1ncc(Br)cc1Br. The number of nitrogens with zero attached hydrogens (tertiary/aromatic N) is 2.